The lowest BCUT2D eigenvalue weighted by molar-refractivity contribution is -0.121. The first-order valence-electron chi connectivity index (χ1n) is 5.56. The number of carbonyl (C=O) groups excluding carboxylic acids is 1. The Morgan fingerprint density at radius 2 is 1.94 bits per heavy atom. The summed E-state index contributed by atoms with van der Waals surface area (Å²) in [5.41, 5.74) is -0.184. The average molecular weight is 248 g/mol. The lowest BCUT2D eigenvalue weighted by Gasteiger charge is -2.20. The van der Waals surface area contributed by atoms with Crippen LogP contribution < -0.4 is 10.6 Å². The lowest BCUT2D eigenvalue weighted by Crippen LogP contribution is -2.45. The summed E-state index contributed by atoms with van der Waals surface area (Å²) in [5.74, 6) is -0.00206. The van der Waals surface area contributed by atoms with Crippen molar-refractivity contribution in [3.05, 3.63) is 0 Å². The molecule has 2 unspecified atom stereocenters. The first kappa shape index (κ1) is 15.6. The monoisotopic (exact) mass is 248 g/mol. The molecule has 0 saturated heterocycles. The summed E-state index contributed by atoms with van der Waals surface area (Å²) in [5, 5.41) is 6.09. The molecule has 0 rings (SSSR count). The highest BCUT2D eigenvalue weighted by Crippen LogP contribution is 1.98. The van der Waals surface area contributed by atoms with E-state index >= 15 is 0 Å². The van der Waals surface area contributed by atoms with E-state index in [1.165, 1.54) is 0 Å². The van der Waals surface area contributed by atoms with Gasteiger partial charge in [0, 0.05) is 27.8 Å². The summed E-state index contributed by atoms with van der Waals surface area (Å²) in [7, 11) is -0.781. The summed E-state index contributed by atoms with van der Waals surface area (Å²) in [6, 6.07) is 0. The minimum atomic E-state index is -0.781. The molecular formula is C11H24N2O2S. The van der Waals surface area contributed by atoms with Gasteiger partial charge in [-0.05, 0) is 33.7 Å². The quantitative estimate of drug-likeness (QED) is 0.679. The number of hydrogen-bond donors (Lipinski definition) is 2. The zero-order valence-electron chi connectivity index (χ0n) is 10.9. The summed E-state index contributed by atoms with van der Waals surface area (Å²) >= 11 is 0. The van der Waals surface area contributed by atoms with E-state index in [0.717, 1.165) is 13.0 Å². The molecule has 0 aliphatic heterocycles. The smallest absolute Gasteiger partial charge is 0.234 e. The van der Waals surface area contributed by atoms with E-state index in [4.69, 9.17) is 0 Å². The Labute approximate surface area is 101 Å². The lowest BCUT2D eigenvalue weighted by atomic mass is 10.1. The molecule has 0 fully saturated rings. The topological polar surface area (TPSA) is 58.2 Å². The fourth-order valence-electron chi connectivity index (χ4n) is 1.14. The highest BCUT2D eigenvalue weighted by molar-refractivity contribution is 7.84. The number of rotatable bonds is 6. The van der Waals surface area contributed by atoms with Gasteiger partial charge in [0.15, 0.2) is 0 Å². The van der Waals surface area contributed by atoms with Crippen LogP contribution in [0.1, 0.15) is 34.1 Å². The van der Waals surface area contributed by atoms with Gasteiger partial charge in [0.2, 0.25) is 5.91 Å². The van der Waals surface area contributed by atoms with Crippen molar-refractivity contribution >= 4 is 16.7 Å². The van der Waals surface area contributed by atoms with E-state index in [2.05, 4.69) is 10.6 Å². The molecule has 2 atom stereocenters. The van der Waals surface area contributed by atoms with Gasteiger partial charge < -0.3 is 10.6 Å². The molecule has 0 radical (unpaired) electrons. The second-order valence-electron chi connectivity index (χ2n) is 5.07. The van der Waals surface area contributed by atoms with Gasteiger partial charge in [-0.1, -0.05) is 6.92 Å². The molecule has 5 heteroatoms. The Morgan fingerprint density at radius 1 is 1.38 bits per heavy atom. The van der Waals surface area contributed by atoms with Crippen LogP contribution in [0.15, 0.2) is 0 Å². The molecule has 4 nitrogen and oxygen atoms in total. The minimum absolute atomic E-state index is 0.00206. The third-order valence-electron chi connectivity index (χ3n) is 2.09. The summed E-state index contributed by atoms with van der Waals surface area (Å²) in [6.45, 7) is 8.85. The van der Waals surface area contributed by atoms with Crippen LogP contribution in [0.2, 0.25) is 0 Å². The van der Waals surface area contributed by atoms with Gasteiger partial charge in [-0.25, -0.2) is 0 Å². The average Bonchev–Trinajstić information content (AvgIpc) is 2.08. The van der Waals surface area contributed by atoms with Crippen molar-refractivity contribution in [1.29, 1.82) is 0 Å². The predicted molar refractivity (Wildman–Crippen MR) is 68.9 cm³/mol. The third kappa shape index (κ3) is 8.85. The number of nitrogens with one attached hydrogen (secondary N) is 2. The zero-order valence-corrected chi connectivity index (χ0v) is 11.7. The van der Waals surface area contributed by atoms with Crippen LogP contribution in [-0.4, -0.2) is 40.3 Å². The van der Waals surface area contributed by atoms with Crippen molar-refractivity contribution in [1.82, 2.24) is 10.6 Å². The molecule has 1 amide bonds. The Bertz CT molecular complexity index is 249. The van der Waals surface area contributed by atoms with E-state index in [9.17, 15) is 9.00 Å². The number of carbonyl (C=O) groups is 1. The normalized spacial score (nSPS) is 15.6. The van der Waals surface area contributed by atoms with E-state index in [-0.39, 0.29) is 16.7 Å². The van der Waals surface area contributed by atoms with Crippen LogP contribution in [0.5, 0.6) is 0 Å². The van der Waals surface area contributed by atoms with E-state index in [0.29, 0.717) is 6.54 Å². The molecule has 0 bridgehead atoms. The fourth-order valence-corrected chi connectivity index (χ4v) is 1.59. The maximum absolute atomic E-state index is 11.4. The molecule has 0 aliphatic carbocycles. The Morgan fingerprint density at radius 3 is 2.38 bits per heavy atom. The number of amides is 1. The molecule has 0 saturated carbocycles. The standard InChI is InChI=1S/C11H24N2O2S/c1-9(16(5)15)6-7-12-8-10(14)13-11(2,3)4/h9,12H,6-8H2,1-5H3,(H,13,14). The molecule has 0 heterocycles. The van der Waals surface area contributed by atoms with Crippen LogP contribution in [0.3, 0.4) is 0 Å². The highest BCUT2D eigenvalue weighted by atomic mass is 32.2. The van der Waals surface area contributed by atoms with Gasteiger partial charge in [0.1, 0.15) is 0 Å². The van der Waals surface area contributed by atoms with Crippen LogP contribution in [0.4, 0.5) is 0 Å². The molecule has 0 spiro atoms. The fraction of sp³-hybridized carbons (Fsp3) is 0.909. The van der Waals surface area contributed by atoms with Crippen molar-refractivity contribution in [3.8, 4) is 0 Å². The SMILES string of the molecule is CC(CCNCC(=O)NC(C)(C)C)S(C)=O. The Kier molecular flexibility index (Phi) is 6.83. The number of hydrogen-bond acceptors (Lipinski definition) is 3. The molecule has 0 aromatic carbocycles. The van der Waals surface area contributed by atoms with Crippen molar-refractivity contribution in [3.63, 3.8) is 0 Å². The van der Waals surface area contributed by atoms with Crippen LogP contribution >= 0.6 is 0 Å². The predicted octanol–water partition coefficient (Wildman–Crippen LogP) is 0.648. The second-order valence-corrected chi connectivity index (χ2v) is 6.87. The van der Waals surface area contributed by atoms with Gasteiger partial charge in [-0.2, -0.15) is 0 Å². The molecule has 0 aliphatic rings. The maximum atomic E-state index is 11.4. The minimum Gasteiger partial charge on any atom is -0.350 e. The maximum Gasteiger partial charge on any atom is 0.234 e. The van der Waals surface area contributed by atoms with Gasteiger partial charge in [0.25, 0.3) is 0 Å². The molecular weight excluding hydrogens is 224 g/mol. The van der Waals surface area contributed by atoms with E-state index in [1.54, 1.807) is 6.26 Å². The van der Waals surface area contributed by atoms with Crippen LogP contribution in [0, 0.1) is 0 Å². The first-order chi connectivity index (χ1) is 7.22. The summed E-state index contributed by atoms with van der Waals surface area (Å²) < 4.78 is 11.1. The molecule has 0 aromatic heterocycles. The highest BCUT2D eigenvalue weighted by Gasteiger charge is 2.13. The molecule has 96 valence electrons. The molecule has 2 N–H and O–H groups in total. The van der Waals surface area contributed by atoms with Crippen molar-refractivity contribution in [2.75, 3.05) is 19.3 Å². The van der Waals surface area contributed by atoms with Crippen molar-refractivity contribution < 1.29 is 9.00 Å². The van der Waals surface area contributed by atoms with E-state index < -0.39 is 10.8 Å². The van der Waals surface area contributed by atoms with Crippen molar-refractivity contribution in [2.45, 2.75) is 44.9 Å². The van der Waals surface area contributed by atoms with Gasteiger partial charge in [0.05, 0.1) is 6.54 Å². The van der Waals surface area contributed by atoms with Gasteiger partial charge in [-0.3, -0.25) is 9.00 Å². The largest absolute Gasteiger partial charge is 0.350 e. The van der Waals surface area contributed by atoms with Crippen LogP contribution in [-0.2, 0) is 15.6 Å². The van der Waals surface area contributed by atoms with Crippen molar-refractivity contribution in [2.24, 2.45) is 0 Å². The zero-order chi connectivity index (χ0) is 12.8. The third-order valence-corrected chi connectivity index (χ3v) is 3.46. The molecule has 16 heavy (non-hydrogen) atoms. The Hall–Kier alpha value is -0.420. The van der Waals surface area contributed by atoms with Gasteiger partial charge in [-0.15, -0.1) is 0 Å². The summed E-state index contributed by atoms with van der Waals surface area (Å²) in [6.07, 6.45) is 2.53. The van der Waals surface area contributed by atoms with Crippen LogP contribution in [0.25, 0.3) is 0 Å². The second kappa shape index (κ2) is 7.01. The summed E-state index contributed by atoms with van der Waals surface area (Å²) in [4.78, 5) is 11.4. The first-order valence-corrected chi connectivity index (χ1v) is 7.18. The molecule has 0 aromatic rings. The van der Waals surface area contributed by atoms with E-state index in [1.807, 2.05) is 27.7 Å². The van der Waals surface area contributed by atoms with Gasteiger partial charge >= 0.3 is 0 Å². The Balaban J connectivity index is 3.60.